The number of hydrogen-bond donors (Lipinski definition) is 0. The molecule has 0 bridgehead atoms. The molecule has 0 spiro atoms. The Morgan fingerprint density at radius 2 is 1.53 bits per heavy atom. The van der Waals surface area contributed by atoms with Crippen LogP contribution in [0.4, 0.5) is 0 Å². The molecule has 5 heteroatoms. The fourth-order valence-electron chi connectivity index (χ4n) is 1.73. The second kappa shape index (κ2) is 6.61. The molecule has 0 aliphatic heterocycles. The van der Waals surface area contributed by atoms with E-state index in [1.54, 1.807) is 0 Å². The van der Waals surface area contributed by atoms with Crippen LogP contribution in [0.1, 0.15) is 21.5 Å². The van der Waals surface area contributed by atoms with Crippen LogP contribution >= 0.6 is 75.3 Å². The Balaban J connectivity index is 2.52. The normalized spacial score (nSPS) is 12.5. The van der Waals surface area contributed by atoms with Gasteiger partial charge < -0.3 is 0 Å². The van der Waals surface area contributed by atoms with E-state index in [4.69, 9.17) is 11.6 Å². The Kier molecular flexibility index (Phi) is 5.58. The smallest absolute Gasteiger partial charge is 0.0667 e. The number of hydrogen-bond acceptors (Lipinski definition) is 0. The van der Waals surface area contributed by atoms with E-state index in [2.05, 4.69) is 82.8 Å². The molecular formula is C14H9Br4Cl. The van der Waals surface area contributed by atoms with Gasteiger partial charge in [-0.25, -0.2) is 0 Å². The minimum atomic E-state index is 0.0619. The Labute approximate surface area is 151 Å². The summed E-state index contributed by atoms with van der Waals surface area (Å²) in [5.41, 5.74) is 3.45. The molecule has 2 rings (SSSR count). The fourth-order valence-corrected chi connectivity index (χ4v) is 4.81. The van der Waals surface area contributed by atoms with Crippen LogP contribution in [0.2, 0.25) is 5.02 Å². The Hall–Kier alpha value is 0.650. The second-order valence-corrected chi connectivity index (χ2v) is 8.07. The van der Waals surface area contributed by atoms with Gasteiger partial charge >= 0.3 is 0 Å². The van der Waals surface area contributed by atoms with Gasteiger partial charge in [0, 0.05) is 18.4 Å². The van der Waals surface area contributed by atoms with Gasteiger partial charge in [0.1, 0.15) is 0 Å². The van der Waals surface area contributed by atoms with Crippen molar-refractivity contribution in [1.82, 2.24) is 0 Å². The van der Waals surface area contributed by atoms with Gasteiger partial charge in [-0.2, -0.15) is 0 Å². The lowest BCUT2D eigenvalue weighted by Gasteiger charge is -2.16. The highest BCUT2D eigenvalue weighted by atomic mass is 79.9. The zero-order valence-corrected chi connectivity index (χ0v) is 17.0. The van der Waals surface area contributed by atoms with Gasteiger partial charge in [0.2, 0.25) is 0 Å². The maximum atomic E-state index is 6.08. The molecule has 2 aromatic rings. The van der Waals surface area contributed by atoms with Crippen LogP contribution in [0.3, 0.4) is 0 Å². The van der Waals surface area contributed by atoms with E-state index in [9.17, 15) is 0 Å². The van der Waals surface area contributed by atoms with Crippen LogP contribution < -0.4 is 0 Å². The van der Waals surface area contributed by atoms with Crippen molar-refractivity contribution in [3.05, 3.63) is 65.5 Å². The second-order valence-electron chi connectivity index (χ2n) is 4.15. The zero-order valence-electron chi connectivity index (χ0n) is 9.85. The minimum absolute atomic E-state index is 0.0619. The summed E-state index contributed by atoms with van der Waals surface area (Å²) < 4.78 is 3.19. The lowest BCUT2D eigenvalue weighted by Crippen LogP contribution is -1.96. The van der Waals surface area contributed by atoms with Gasteiger partial charge in [0.05, 0.1) is 4.83 Å². The van der Waals surface area contributed by atoms with E-state index >= 15 is 0 Å². The van der Waals surface area contributed by atoms with Crippen LogP contribution in [-0.4, -0.2) is 0 Å². The Bertz CT molecular complexity index is 625. The third kappa shape index (κ3) is 3.65. The molecular weight excluding hydrogens is 523 g/mol. The van der Waals surface area contributed by atoms with Crippen molar-refractivity contribution in [2.45, 2.75) is 11.8 Å². The maximum absolute atomic E-state index is 6.08. The average molecular weight is 532 g/mol. The highest BCUT2D eigenvalue weighted by Crippen LogP contribution is 2.41. The molecule has 0 aliphatic rings. The summed E-state index contributed by atoms with van der Waals surface area (Å²) in [5.74, 6) is 0. The van der Waals surface area contributed by atoms with Gasteiger partial charge in [-0.15, -0.1) is 0 Å². The number of aryl methyl sites for hydroxylation is 1. The largest absolute Gasteiger partial charge is 0.0843 e. The Morgan fingerprint density at radius 1 is 0.895 bits per heavy atom. The van der Waals surface area contributed by atoms with E-state index in [0.717, 1.165) is 29.6 Å². The van der Waals surface area contributed by atoms with E-state index in [1.165, 1.54) is 5.56 Å². The van der Waals surface area contributed by atoms with E-state index < -0.39 is 0 Å². The molecule has 1 unspecified atom stereocenters. The first kappa shape index (κ1) is 16.0. The molecule has 0 aromatic heterocycles. The summed E-state index contributed by atoms with van der Waals surface area (Å²) in [5, 5.41) is 0.727. The Morgan fingerprint density at radius 3 is 2.21 bits per heavy atom. The molecule has 0 aliphatic carbocycles. The van der Waals surface area contributed by atoms with Crippen molar-refractivity contribution >= 4 is 75.3 Å². The average Bonchev–Trinajstić information content (AvgIpc) is 2.36. The molecule has 0 amide bonds. The monoisotopic (exact) mass is 528 g/mol. The number of halogens is 5. The van der Waals surface area contributed by atoms with Gasteiger partial charge in [0.15, 0.2) is 0 Å². The molecule has 0 saturated heterocycles. The summed E-state index contributed by atoms with van der Waals surface area (Å²) >= 11 is 20.6. The first-order valence-electron chi connectivity index (χ1n) is 5.44. The van der Waals surface area contributed by atoms with E-state index in [0.29, 0.717) is 0 Å². The zero-order chi connectivity index (χ0) is 14.2. The van der Waals surface area contributed by atoms with Crippen molar-refractivity contribution in [2.75, 3.05) is 0 Å². The third-order valence-corrected chi connectivity index (χ3v) is 6.27. The first-order chi connectivity index (χ1) is 8.90. The molecule has 0 heterocycles. The number of alkyl halides is 1. The van der Waals surface area contributed by atoms with E-state index in [-0.39, 0.29) is 4.83 Å². The summed E-state index contributed by atoms with van der Waals surface area (Å²) in [7, 11) is 0. The lowest BCUT2D eigenvalue weighted by atomic mass is 10.0. The van der Waals surface area contributed by atoms with Gasteiger partial charge in [-0.1, -0.05) is 75.3 Å². The van der Waals surface area contributed by atoms with Crippen molar-refractivity contribution in [1.29, 1.82) is 0 Å². The van der Waals surface area contributed by atoms with Gasteiger partial charge in [-0.05, 0) is 53.9 Å². The first-order valence-corrected chi connectivity index (χ1v) is 9.12. The molecule has 1 atom stereocenters. The van der Waals surface area contributed by atoms with Crippen LogP contribution in [0.5, 0.6) is 0 Å². The molecule has 0 N–H and O–H groups in total. The molecule has 100 valence electrons. The van der Waals surface area contributed by atoms with Crippen LogP contribution in [0, 0.1) is 6.92 Å². The molecule has 0 nitrogen and oxygen atoms in total. The minimum Gasteiger partial charge on any atom is -0.0843 e. The summed E-state index contributed by atoms with van der Waals surface area (Å²) in [6.45, 7) is 2.07. The molecule has 19 heavy (non-hydrogen) atoms. The quantitative estimate of drug-likeness (QED) is 0.354. The number of rotatable bonds is 2. The molecule has 0 fully saturated rings. The van der Waals surface area contributed by atoms with E-state index in [1.807, 2.05) is 18.2 Å². The van der Waals surface area contributed by atoms with Crippen LogP contribution in [-0.2, 0) is 0 Å². The summed E-state index contributed by atoms with van der Waals surface area (Å²) in [4.78, 5) is 0.0619. The SMILES string of the molecule is Cc1cc(Br)c(C(Br)c2cc(Cl)ccc2Br)cc1Br. The molecule has 0 radical (unpaired) electrons. The third-order valence-electron chi connectivity index (χ3n) is 2.78. The van der Waals surface area contributed by atoms with Crippen molar-refractivity contribution < 1.29 is 0 Å². The predicted octanol–water partition coefficient (Wildman–Crippen LogP) is 7.42. The van der Waals surface area contributed by atoms with Crippen molar-refractivity contribution in [3.8, 4) is 0 Å². The summed E-state index contributed by atoms with van der Waals surface area (Å²) in [6.07, 6.45) is 0. The van der Waals surface area contributed by atoms with Crippen molar-refractivity contribution in [3.63, 3.8) is 0 Å². The topological polar surface area (TPSA) is 0 Å². The predicted molar refractivity (Wildman–Crippen MR) is 96.5 cm³/mol. The standard InChI is InChI=1S/C14H9Br4Cl/c1-7-4-13(17)10(6-12(7)16)14(18)9-5-8(19)2-3-11(9)15/h2-6,14H,1H3. The van der Waals surface area contributed by atoms with Crippen molar-refractivity contribution in [2.24, 2.45) is 0 Å². The fraction of sp³-hybridized carbons (Fsp3) is 0.143. The van der Waals surface area contributed by atoms with Crippen LogP contribution in [0.15, 0.2) is 43.7 Å². The van der Waals surface area contributed by atoms with Gasteiger partial charge in [0.25, 0.3) is 0 Å². The number of benzene rings is 2. The molecule has 0 saturated carbocycles. The molecule has 2 aromatic carbocycles. The highest BCUT2D eigenvalue weighted by molar-refractivity contribution is 9.11. The van der Waals surface area contributed by atoms with Gasteiger partial charge in [-0.3, -0.25) is 0 Å². The highest BCUT2D eigenvalue weighted by Gasteiger charge is 2.17. The summed E-state index contributed by atoms with van der Waals surface area (Å²) in [6, 6.07) is 10.0. The maximum Gasteiger partial charge on any atom is 0.0667 e. The van der Waals surface area contributed by atoms with Crippen LogP contribution in [0.25, 0.3) is 0 Å². The lowest BCUT2D eigenvalue weighted by molar-refractivity contribution is 1.14.